The van der Waals surface area contributed by atoms with E-state index in [1.807, 2.05) is 78.6 Å². The highest BCUT2D eigenvalue weighted by atomic mass is 16.5. The molecular formula is C29H33N3O3. The summed E-state index contributed by atoms with van der Waals surface area (Å²) in [5.74, 6) is 0.838. The van der Waals surface area contributed by atoms with E-state index in [0.717, 1.165) is 53.9 Å². The second-order valence-electron chi connectivity index (χ2n) is 8.72. The number of aryl methyl sites for hydroxylation is 1. The number of rotatable bonds is 8. The molecule has 1 aliphatic rings. The van der Waals surface area contributed by atoms with Gasteiger partial charge in [-0.25, -0.2) is 4.79 Å². The predicted molar refractivity (Wildman–Crippen MR) is 140 cm³/mol. The zero-order chi connectivity index (χ0) is 24.5. The van der Waals surface area contributed by atoms with Crippen LogP contribution in [0.4, 0.5) is 16.2 Å². The molecule has 6 nitrogen and oxygen atoms in total. The minimum absolute atomic E-state index is 0.0195. The van der Waals surface area contributed by atoms with Crippen molar-refractivity contribution in [1.29, 1.82) is 0 Å². The van der Waals surface area contributed by atoms with Gasteiger partial charge >= 0.3 is 6.03 Å². The molecule has 0 atom stereocenters. The Bertz CT molecular complexity index is 1130. The van der Waals surface area contributed by atoms with Crippen LogP contribution in [0.15, 0.2) is 72.8 Å². The molecule has 4 rings (SSSR count). The van der Waals surface area contributed by atoms with Gasteiger partial charge in [0.2, 0.25) is 5.91 Å². The molecule has 6 heteroatoms. The van der Waals surface area contributed by atoms with Crippen LogP contribution in [0.1, 0.15) is 36.5 Å². The van der Waals surface area contributed by atoms with E-state index in [9.17, 15) is 9.59 Å². The molecule has 2 N–H and O–H groups in total. The van der Waals surface area contributed by atoms with Crippen LogP contribution < -0.4 is 20.3 Å². The Labute approximate surface area is 207 Å². The second-order valence-corrected chi connectivity index (χ2v) is 8.72. The van der Waals surface area contributed by atoms with Crippen molar-refractivity contribution in [3.63, 3.8) is 0 Å². The van der Waals surface area contributed by atoms with Gasteiger partial charge < -0.3 is 15.4 Å². The average molecular weight is 472 g/mol. The van der Waals surface area contributed by atoms with Crippen LogP contribution in [0.25, 0.3) is 0 Å². The lowest BCUT2D eigenvalue weighted by molar-refractivity contribution is -0.120. The van der Waals surface area contributed by atoms with Crippen molar-refractivity contribution in [2.45, 2.75) is 39.0 Å². The monoisotopic (exact) mass is 471 g/mol. The number of anilines is 2. The van der Waals surface area contributed by atoms with Crippen molar-refractivity contribution < 1.29 is 14.3 Å². The van der Waals surface area contributed by atoms with Crippen molar-refractivity contribution >= 4 is 23.3 Å². The highest BCUT2D eigenvalue weighted by molar-refractivity contribution is 6.02. The van der Waals surface area contributed by atoms with Gasteiger partial charge in [-0.15, -0.1) is 0 Å². The van der Waals surface area contributed by atoms with E-state index in [1.54, 1.807) is 0 Å². The Kier molecular flexibility index (Phi) is 8.39. The number of carbonyl (C=O) groups excluding carboxylic acids is 2. The Morgan fingerprint density at radius 1 is 0.914 bits per heavy atom. The summed E-state index contributed by atoms with van der Waals surface area (Å²) in [4.78, 5) is 27.2. The van der Waals surface area contributed by atoms with Crippen molar-refractivity contribution in [3.05, 3.63) is 89.5 Å². The molecular weight excluding hydrogens is 438 g/mol. The molecule has 3 aromatic carbocycles. The third-order valence-corrected chi connectivity index (χ3v) is 6.15. The first kappa shape index (κ1) is 24.3. The van der Waals surface area contributed by atoms with Crippen LogP contribution >= 0.6 is 0 Å². The maximum Gasteiger partial charge on any atom is 0.326 e. The normalized spacial score (nSPS) is 12.9. The predicted octanol–water partition coefficient (Wildman–Crippen LogP) is 5.36. The zero-order valence-corrected chi connectivity index (χ0v) is 20.3. The molecule has 0 unspecified atom stereocenters. The molecule has 1 aliphatic heterocycles. The van der Waals surface area contributed by atoms with E-state index < -0.39 is 0 Å². The number of para-hydroxylation sites is 1. The topological polar surface area (TPSA) is 70.7 Å². The summed E-state index contributed by atoms with van der Waals surface area (Å²) in [6, 6.07) is 23.4. The fourth-order valence-electron chi connectivity index (χ4n) is 4.31. The van der Waals surface area contributed by atoms with Gasteiger partial charge in [-0.1, -0.05) is 42.5 Å². The Morgan fingerprint density at radius 3 is 2.43 bits per heavy atom. The summed E-state index contributed by atoms with van der Waals surface area (Å²) in [6.45, 7) is 3.90. The summed E-state index contributed by atoms with van der Waals surface area (Å²) in [6.07, 6.45) is 4.13. The van der Waals surface area contributed by atoms with E-state index >= 15 is 0 Å². The lowest BCUT2D eigenvalue weighted by atomic mass is 10.1. The van der Waals surface area contributed by atoms with Crippen LogP contribution in [-0.4, -0.2) is 31.6 Å². The first-order chi connectivity index (χ1) is 17.1. The van der Waals surface area contributed by atoms with Crippen molar-refractivity contribution in [2.75, 3.05) is 29.9 Å². The molecule has 0 saturated heterocycles. The van der Waals surface area contributed by atoms with Gasteiger partial charge in [0.05, 0.1) is 13.0 Å². The van der Waals surface area contributed by atoms with E-state index in [2.05, 4.69) is 16.7 Å². The average Bonchev–Trinajstić information content (AvgIpc) is 3.09. The van der Waals surface area contributed by atoms with Crippen LogP contribution in [-0.2, 0) is 24.1 Å². The molecule has 35 heavy (non-hydrogen) atoms. The molecule has 0 saturated carbocycles. The summed E-state index contributed by atoms with van der Waals surface area (Å²) in [7, 11) is 0. The molecule has 0 fully saturated rings. The standard InChI is InChI=1S/C29H33N3O3/c1-2-35-26-16-12-22(13-17-26)18-19-30-28(33)21-23-10-14-25(15-11-23)31-29(34)32-20-6-5-8-24-7-3-4-9-27(24)32/h3-4,7,9-17H,2,5-6,8,18-21H2,1H3,(H,30,33)(H,31,34). The molecule has 3 aromatic rings. The summed E-state index contributed by atoms with van der Waals surface area (Å²) >= 11 is 0. The van der Waals surface area contributed by atoms with Crippen molar-refractivity contribution in [2.24, 2.45) is 0 Å². The van der Waals surface area contributed by atoms with Gasteiger partial charge in [0.1, 0.15) is 5.75 Å². The quantitative estimate of drug-likeness (QED) is 0.465. The minimum atomic E-state index is -0.126. The molecule has 3 amide bonds. The van der Waals surface area contributed by atoms with Gasteiger partial charge in [0.25, 0.3) is 0 Å². The minimum Gasteiger partial charge on any atom is -0.494 e. The zero-order valence-electron chi connectivity index (χ0n) is 20.3. The van der Waals surface area contributed by atoms with Crippen LogP contribution in [0.2, 0.25) is 0 Å². The summed E-state index contributed by atoms with van der Waals surface area (Å²) in [5, 5.41) is 5.98. The largest absolute Gasteiger partial charge is 0.494 e. The Hall–Kier alpha value is -3.80. The third-order valence-electron chi connectivity index (χ3n) is 6.15. The second kappa shape index (κ2) is 12.1. The fraction of sp³-hybridized carbons (Fsp3) is 0.310. The van der Waals surface area contributed by atoms with Gasteiger partial charge in [-0.2, -0.15) is 0 Å². The van der Waals surface area contributed by atoms with Gasteiger partial charge in [-0.05, 0) is 79.6 Å². The Morgan fingerprint density at radius 2 is 1.66 bits per heavy atom. The molecule has 182 valence electrons. The number of nitrogens with one attached hydrogen (secondary N) is 2. The number of hydrogen-bond donors (Lipinski definition) is 2. The number of nitrogens with zero attached hydrogens (tertiary/aromatic N) is 1. The number of carbonyl (C=O) groups is 2. The van der Waals surface area contributed by atoms with E-state index in [-0.39, 0.29) is 11.9 Å². The number of urea groups is 1. The van der Waals surface area contributed by atoms with Gasteiger partial charge in [-0.3, -0.25) is 9.69 Å². The van der Waals surface area contributed by atoms with E-state index in [4.69, 9.17) is 4.74 Å². The number of hydrogen-bond acceptors (Lipinski definition) is 3. The van der Waals surface area contributed by atoms with Crippen molar-refractivity contribution in [3.8, 4) is 5.75 Å². The first-order valence-corrected chi connectivity index (χ1v) is 12.4. The number of fused-ring (bicyclic) bond motifs is 1. The summed E-state index contributed by atoms with van der Waals surface area (Å²) < 4.78 is 5.45. The maximum atomic E-state index is 13.0. The fourth-order valence-corrected chi connectivity index (χ4v) is 4.31. The number of benzene rings is 3. The highest BCUT2D eigenvalue weighted by Crippen LogP contribution is 2.26. The van der Waals surface area contributed by atoms with Crippen LogP contribution in [0.3, 0.4) is 0 Å². The SMILES string of the molecule is CCOc1ccc(CCNC(=O)Cc2ccc(NC(=O)N3CCCCc4ccccc43)cc2)cc1. The van der Waals surface area contributed by atoms with Gasteiger partial charge in [0, 0.05) is 24.5 Å². The summed E-state index contributed by atoms with van der Waals surface area (Å²) in [5.41, 5.74) is 4.98. The van der Waals surface area contributed by atoms with Crippen LogP contribution in [0, 0.1) is 0 Å². The van der Waals surface area contributed by atoms with E-state index in [1.165, 1.54) is 5.56 Å². The molecule has 0 aromatic heterocycles. The van der Waals surface area contributed by atoms with Gasteiger partial charge in [0.15, 0.2) is 0 Å². The third kappa shape index (κ3) is 6.85. The lowest BCUT2D eigenvalue weighted by Gasteiger charge is -2.23. The van der Waals surface area contributed by atoms with Crippen LogP contribution in [0.5, 0.6) is 5.75 Å². The molecule has 0 radical (unpaired) electrons. The van der Waals surface area contributed by atoms with E-state index in [0.29, 0.717) is 26.1 Å². The maximum absolute atomic E-state index is 13.0. The molecule has 0 aliphatic carbocycles. The smallest absolute Gasteiger partial charge is 0.326 e. The first-order valence-electron chi connectivity index (χ1n) is 12.4. The van der Waals surface area contributed by atoms with Crippen molar-refractivity contribution in [1.82, 2.24) is 5.32 Å². The number of ether oxygens (including phenoxy) is 1. The molecule has 0 spiro atoms. The molecule has 0 bridgehead atoms. The highest BCUT2D eigenvalue weighted by Gasteiger charge is 2.20. The Balaban J connectivity index is 1.25. The lowest BCUT2D eigenvalue weighted by Crippen LogP contribution is -2.35. The molecule has 1 heterocycles. The number of amides is 3.